The Bertz CT molecular complexity index is 1110. The van der Waals surface area contributed by atoms with E-state index in [0.717, 1.165) is 57.0 Å². The quantitative estimate of drug-likeness (QED) is 0.636. The van der Waals surface area contributed by atoms with Gasteiger partial charge in [0.15, 0.2) is 0 Å². The van der Waals surface area contributed by atoms with Crippen LogP contribution in [0, 0.1) is 0 Å². The topological polar surface area (TPSA) is 68.8 Å². The molecule has 4 heterocycles. The summed E-state index contributed by atoms with van der Waals surface area (Å²) in [5, 5.41) is 13.9. The number of aryl methyl sites for hydroxylation is 1. The monoisotopic (exact) mass is 430 g/mol. The first-order chi connectivity index (χ1) is 14.1. The zero-order valence-corrected chi connectivity index (χ0v) is 17.3. The first-order valence-electron chi connectivity index (χ1n) is 9.82. The Balaban J connectivity index is 1.43. The first kappa shape index (κ1) is 18.6. The van der Waals surface area contributed by atoms with Gasteiger partial charge in [-0.15, -0.1) is 10.2 Å². The average molecular weight is 431 g/mol. The molecule has 0 amide bonds. The Kier molecular flexibility index (Phi) is 4.80. The molecular formula is C20H20Cl2N6O. The molecule has 0 radical (unpaired) electrons. The minimum absolute atomic E-state index is 0.182. The molecule has 29 heavy (non-hydrogen) atoms. The second-order valence-electron chi connectivity index (χ2n) is 7.55. The van der Waals surface area contributed by atoms with E-state index in [1.807, 2.05) is 0 Å². The number of hydrogen-bond acceptors (Lipinski definition) is 5. The van der Waals surface area contributed by atoms with Crippen LogP contribution in [0.5, 0.6) is 0 Å². The number of nitrogens with zero attached hydrogens (tertiary/aromatic N) is 6. The maximum atomic E-state index is 12.9. The number of fused-ring (bicyclic) bond motifs is 1. The van der Waals surface area contributed by atoms with Gasteiger partial charge in [-0.3, -0.25) is 4.79 Å². The van der Waals surface area contributed by atoms with Crippen molar-refractivity contribution in [2.45, 2.75) is 38.1 Å². The highest BCUT2D eigenvalue weighted by molar-refractivity contribution is 6.33. The zero-order chi connectivity index (χ0) is 20.0. The number of hydrogen-bond donors (Lipinski definition) is 0. The second kappa shape index (κ2) is 7.46. The zero-order valence-electron chi connectivity index (χ0n) is 15.8. The number of halogens is 2. The molecule has 0 bridgehead atoms. The maximum Gasteiger partial charge on any atom is 0.292 e. The van der Waals surface area contributed by atoms with Gasteiger partial charge in [0, 0.05) is 37.0 Å². The van der Waals surface area contributed by atoms with Crippen molar-refractivity contribution in [1.82, 2.24) is 24.5 Å². The second-order valence-corrected chi connectivity index (χ2v) is 8.37. The normalized spacial score (nSPS) is 18.8. The third kappa shape index (κ3) is 3.32. The lowest BCUT2D eigenvalue weighted by Crippen LogP contribution is -2.37. The Morgan fingerprint density at radius 1 is 1.03 bits per heavy atom. The highest BCUT2D eigenvalue weighted by Gasteiger charge is 2.29. The average Bonchev–Trinajstić information content (AvgIpc) is 3.35. The van der Waals surface area contributed by atoms with Gasteiger partial charge in [-0.2, -0.15) is 9.78 Å². The number of anilines is 1. The summed E-state index contributed by atoms with van der Waals surface area (Å²) in [6.45, 7) is 2.58. The molecule has 0 spiro atoms. The molecule has 2 aliphatic heterocycles. The summed E-state index contributed by atoms with van der Waals surface area (Å²) in [6.07, 6.45) is 5.87. The van der Waals surface area contributed by atoms with Crippen LogP contribution >= 0.6 is 23.2 Å². The van der Waals surface area contributed by atoms with Gasteiger partial charge in [0.05, 0.1) is 17.6 Å². The molecule has 1 atom stereocenters. The Labute approximate surface area is 177 Å². The van der Waals surface area contributed by atoms with Crippen LogP contribution in [0.3, 0.4) is 0 Å². The van der Waals surface area contributed by atoms with Crippen LogP contribution in [0.25, 0.3) is 5.69 Å². The molecule has 0 saturated carbocycles. The van der Waals surface area contributed by atoms with Gasteiger partial charge >= 0.3 is 0 Å². The minimum Gasteiger partial charge on any atom is -0.368 e. The van der Waals surface area contributed by atoms with Crippen molar-refractivity contribution < 1.29 is 0 Å². The van der Waals surface area contributed by atoms with E-state index in [0.29, 0.717) is 16.4 Å². The predicted molar refractivity (Wildman–Crippen MR) is 112 cm³/mol. The van der Waals surface area contributed by atoms with Crippen LogP contribution in [-0.4, -0.2) is 37.6 Å². The summed E-state index contributed by atoms with van der Waals surface area (Å²) in [5.74, 6) is 2.42. The van der Waals surface area contributed by atoms with Crippen LogP contribution in [0.1, 0.15) is 36.8 Å². The van der Waals surface area contributed by atoms with Gasteiger partial charge in [0.25, 0.3) is 5.56 Å². The Hall–Kier alpha value is -2.38. The van der Waals surface area contributed by atoms with Crippen molar-refractivity contribution in [3.8, 4) is 5.69 Å². The summed E-state index contributed by atoms with van der Waals surface area (Å²) >= 11 is 12.4. The number of piperidine rings is 1. The lowest BCUT2D eigenvalue weighted by molar-refractivity contribution is 0.472. The fourth-order valence-electron chi connectivity index (χ4n) is 4.29. The fourth-order valence-corrected chi connectivity index (χ4v) is 4.67. The smallest absolute Gasteiger partial charge is 0.292 e. The summed E-state index contributed by atoms with van der Waals surface area (Å²) in [7, 11) is 0. The highest BCUT2D eigenvalue weighted by Crippen LogP contribution is 2.32. The highest BCUT2D eigenvalue weighted by atomic mass is 35.5. The minimum atomic E-state index is -0.336. The summed E-state index contributed by atoms with van der Waals surface area (Å²) in [6, 6.07) is 6.93. The van der Waals surface area contributed by atoms with Gasteiger partial charge in [0.2, 0.25) is 0 Å². The van der Waals surface area contributed by atoms with E-state index in [2.05, 4.69) is 24.8 Å². The Morgan fingerprint density at radius 2 is 1.86 bits per heavy atom. The molecule has 5 rings (SSSR count). The molecule has 1 fully saturated rings. The lowest BCUT2D eigenvalue weighted by Gasteiger charge is -2.34. The summed E-state index contributed by atoms with van der Waals surface area (Å²) in [4.78, 5) is 15.0. The van der Waals surface area contributed by atoms with E-state index in [1.54, 1.807) is 30.5 Å². The van der Waals surface area contributed by atoms with Crippen LogP contribution in [0.2, 0.25) is 10.0 Å². The van der Waals surface area contributed by atoms with Gasteiger partial charge in [-0.1, -0.05) is 23.2 Å². The van der Waals surface area contributed by atoms with Crippen molar-refractivity contribution in [2.75, 3.05) is 18.0 Å². The number of rotatable bonds is 3. The molecule has 7 nitrogen and oxygen atoms in total. The number of benzene rings is 1. The van der Waals surface area contributed by atoms with Gasteiger partial charge in [-0.05, 0) is 43.5 Å². The summed E-state index contributed by atoms with van der Waals surface area (Å²) in [5.41, 5.74) is 0.966. The molecule has 9 heteroatoms. The van der Waals surface area contributed by atoms with Crippen molar-refractivity contribution in [1.29, 1.82) is 0 Å². The molecule has 2 aliphatic rings. The van der Waals surface area contributed by atoms with Crippen LogP contribution in [-0.2, 0) is 13.0 Å². The summed E-state index contributed by atoms with van der Waals surface area (Å²) < 4.78 is 3.56. The molecule has 1 saturated heterocycles. The van der Waals surface area contributed by atoms with E-state index in [9.17, 15) is 4.79 Å². The Morgan fingerprint density at radius 3 is 2.69 bits per heavy atom. The molecule has 0 N–H and O–H groups in total. The lowest BCUT2D eigenvalue weighted by atomic mass is 9.97. The molecule has 3 aromatic rings. The van der Waals surface area contributed by atoms with E-state index in [4.69, 9.17) is 23.2 Å². The van der Waals surface area contributed by atoms with E-state index in [1.165, 1.54) is 4.68 Å². The molecule has 1 unspecified atom stereocenters. The third-order valence-corrected chi connectivity index (χ3v) is 6.34. The fraction of sp³-hybridized carbons (Fsp3) is 0.400. The number of aromatic nitrogens is 5. The van der Waals surface area contributed by atoms with Crippen molar-refractivity contribution >= 4 is 28.9 Å². The molecule has 1 aromatic carbocycles. The van der Waals surface area contributed by atoms with E-state index in [-0.39, 0.29) is 16.5 Å². The largest absolute Gasteiger partial charge is 0.368 e. The molecule has 150 valence electrons. The van der Waals surface area contributed by atoms with Crippen molar-refractivity contribution in [3.05, 3.63) is 62.5 Å². The van der Waals surface area contributed by atoms with Crippen molar-refractivity contribution in [2.24, 2.45) is 0 Å². The SMILES string of the molecule is O=c1c(Cl)c(N2CCCC(c3nnc4n3CCC4)C2)cnn1-c1ccc(Cl)cc1. The van der Waals surface area contributed by atoms with Gasteiger partial charge in [-0.25, -0.2) is 0 Å². The van der Waals surface area contributed by atoms with Crippen LogP contribution in [0.15, 0.2) is 35.3 Å². The van der Waals surface area contributed by atoms with Gasteiger partial charge in [0.1, 0.15) is 16.7 Å². The molecule has 2 aromatic heterocycles. The van der Waals surface area contributed by atoms with Crippen molar-refractivity contribution in [3.63, 3.8) is 0 Å². The van der Waals surface area contributed by atoms with Gasteiger partial charge < -0.3 is 9.47 Å². The molecule has 0 aliphatic carbocycles. The van der Waals surface area contributed by atoms with Crippen LogP contribution < -0.4 is 10.5 Å². The van der Waals surface area contributed by atoms with E-state index >= 15 is 0 Å². The first-order valence-corrected chi connectivity index (χ1v) is 10.6. The predicted octanol–water partition coefficient (Wildman–Crippen LogP) is 3.46. The third-order valence-electron chi connectivity index (χ3n) is 5.74. The molecular weight excluding hydrogens is 411 g/mol. The standard InChI is InChI=1S/C20H20Cl2N6O/c21-14-5-7-15(8-6-14)28-20(29)18(22)16(11-23-28)26-9-1-3-13(12-26)19-25-24-17-4-2-10-27(17)19/h5-8,11,13H,1-4,9-10,12H2. The van der Waals surface area contributed by atoms with Crippen LogP contribution in [0.4, 0.5) is 5.69 Å². The van der Waals surface area contributed by atoms with E-state index < -0.39 is 0 Å². The maximum absolute atomic E-state index is 12.9.